The third kappa shape index (κ3) is 3.34. The first-order chi connectivity index (χ1) is 9.58. The summed E-state index contributed by atoms with van der Waals surface area (Å²) in [6.45, 7) is 1.75. The lowest BCUT2D eigenvalue weighted by atomic mass is 9.76. The van der Waals surface area contributed by atoms with Crippen molar-refractivity contribution >= 4 is 29.9 Å². The highest BCUT2D eigenvalue weighted by Crippen LogP contribution is 2.33. The van der Waals surface area contributed by atoms with Gasteiger partial charge in [0, 0.05) is 11.6 Å². The summed E-state index contributed by atoms with van der Waals surface area (Å²) in [5.74, 6) is 0.0750. The van der Waals surface area contributed by atoms with E-state index in [1.165, 1.54) is 0 Å². The zero-order valence-corrected chi connectivity index (χ0v) is 13.3. The van der Waals surface area contributed by atoms with Gasteiger partial charge in [-0.05, 0) is 37.0 Å². The van der Waals surface area contributed by atoms with Crippen molar-refractivity contribution in [3.05, 3.63) is 34.9 Å². The van der Waals surface area contributed by atoms with E-state index in [1.807, 2.05) is 29.2 Å². The van der Waals surface area contributed by atoms with Crippen LogP contribution >= 0.6 is 24.0 Å². The van der Waals surface area contributed by atoms with Crippen molar-refractivity contribution in [2.45, 2.75) is 30.9 Å². The number of nitrogens with two attached hydrogens (primary N) is 1. The van der Waals surface area contributed by atoms with Crippen LogP contribution in [0.5, 0.6) is 0 Å². The smallest absolute Gasteiger partial charge is 0.242 e. The van der Waals surface area contributed by atoms with Gasteiger partial charge >= 0.3 is 0 Å². The van der Waals surface area contributed by atoms with Crippen molar-refractivity contribution in [2.75, 3.05) is 19.7 Å². The Labute approximate surface area is 136 Å². The first kappa shape index (κ1) is 16.6. The summed E-state index contributed by atoms with van der Waals surface area (Å²) in [6.07, 6.45) is 2.56. The van der Waals surface area contributed by atoms with Crippen LogP contribution in [0.4, 0.5) is 0 Å². The molecule has 1 saturated carbocycles. The van der Waals surface area contributed by atoms with E-state index in [0.717, 1.165) is 24.8 Å². The Morgan fingerprint density at radius 1 is 1.33 bits per heavy atom. The molecule has 4 nitrogen and oxygen atoms in total. The van der Waals surface area contributed by atoms with Gasteiger partial charge in [-0.25, -0.2) is 0 Å². The van der Waals surface area contributed by atoms with Crippen LogP contribution < -0.4 is 5.73 Å². The molecule has 1 unspecified atom stereocenters. The number of amides is 1. The molecule has 2 fully saturated rings. The number of carbonyl (C=O) groups excluding carboxylic acids is 1. The quantitative estimate of drug-likeness (QED) is 0.906. The van der Waals surface area contributed by atoms with Crippen LogP contribution in [0.25, 0.3) is 0 Å². The van der Waals surface area contributed by atoms with Crippen molar-refractivity contribution in [1.29, 1.82) is 0 Å². The SMILES string of the molecule is Cl.NC1(C(=O)N2CCOC(c3ccc(Cl)cc3)C2)CCC1. The van der Waals surface area contributed by atoms with E-state index in [1.54, 1.807) is 0 Å². The van der Waals surface area contributed by atoms with Gasteiger partial charge in [-0.1, -0.05) is 23.7 Å². The summed E-state index contributed by atoms with van der Waals surface area (Å²) in [5.41, 5.74) is 6.56. The number of morpholine rings is 1. The fourth-order valence-corrected chi connectivity index (χ4v) is 2.93. The molecule has 1 saturated heterocycles. The Kier molecular flexibility index (Phi) is 5.15. The first-order valence-corrected chi connectivity index (χ1v) is 7.42. The summed E-state index contributed by atoms with van der Waals surface area (Å²) < 4.78 is 5.77. The van der Waals surface area contributed by atoms with Gasteiger partial charge in [0.15, 0.2) is 0 Å². The predicted molar refractivity (Wildman–Crippen MR) is 84.7 cm³/mol. The Morgan fingerprint density at radius 2 is 2.00 bits per heavy atom. The number of benzene rings is 1. The van der Waals surface area contributed by atoms with Crippen LogP contribution in [0.1, 0.15) is 30.9 Å². The van der Waals surface area contributed by atoms with Crippen LogP contribution in [0.2, 0.25) is 5.02 Å². The molecule has 21 heavy (non-hydrogen) atoms. The molecule has 6 heteroatoms. The second-order valence-electron chi connectivity index (χ2n) is 5.67. The van der Waals surface area contributed by atoms with E-state index in [0.29, 0.717) is 24.7 Å². The molecule has 0 aromatic heterocycles. The van der Waals surface area contributed by atoms with Crippen molar-refractivity contribution in [1.82, 2.24) is 4.90 Å². The lowest BCUT2D eigenvalue weighted by Gasteiger charge is -2.43. The Bertz CT molecular complexity index is 503. The second-order valence-corrected chi connectivity index (χ2v) is 6.11. The molecule has 0 spiro atoms. The molecule has 2 N–H and O–H groups in total. The van der Waals surface area contributed by atoms with Crippen LogP contribution in [0.15, 0.2) is 24.3 Å². The van der Waals surface area contributed by atoms with E-state index in [9.17, 15) is 4.79 Å². The number of ether oxygens (including phenoxy) is 1. The summed E-state index contributed by atoms with van der Waals surface area (Å²) in [5, 5.41) is 0.702. The minimum absolute atomic E-state index is 0. The van der Waals surface area contributed by atoms with Gasteiger partial charge < -0.3 is 15.4 Å². The molecule has 1 atom stereocenters. The minimum Gasteiger partial charge on any atom is -0.370 e. The largest absolute Gasteiger partial charge is 0.370 e. The van der Waals surface area contributed by atoms with Crippen LogP contribution in [0, 0.1) is 0 Å². The maximum absolute atomic E-state index is 12.5. The molecule has 1 aromatic carbocycles. The highest BCUT2D eigenvalue weighted by molar-refractivity contribution is 6.30. The molecule has 3 rings (SSSR count). The zero-order valence-electron chi connectivity index (χ0n) is 11.8. The second kappa shape index (κ2) is 6.53. The Hall–Kier alpha value is -0.810. The minimum atomic E-state index is -0.623. The molecule has 2 aliphatic rings. The summed E-state index contributed by atoms with van der Waals surface area (Å²) in [4.78, 5) is 14.3. The van der Waals surface area contributed by atoms with E-state index in [4.69, 9.17) is 22.1 Å². The molecule has 0 radical (unpaired) electrons. The van der Waals surface area contributed by atoms with Crippen molar-refractivity contribution < 1.29 is 9.53 Å². The molecule has 116 valence electrons. The van der Waals surface area contributed by atoms with Crippen LogP contribution in [-0.4, -0.2) is 36.0 Å². The summed E-state index contributed by atoms with van der Waals surface area (Å²) in [6, 6.07) is 7.58. The molecule has 1 aliphatic carbocycles. The van der Waals surface area contributed by atoms with Gasteiger partial charge in [0.1, 0.15) is 6.10 Å². The average molecular weight is 331 g/mol. The Morgan fingerprint density at radius 3 is 2.57 bits per heavy atom. The van der Waals surface area contributed by atoms with Crippen LogP contribution in [0.3, 0.4) is 0 Å². The number of halogens is 2. The van der Waals surface area contributed by atoms with Crippen LogP contribution in [-0.2, 0) is 9.53 Å². The molecular weight excluding hydrogens is 311 g/mol. The maximum atomic E-state index is 12.5. The third-order valence-electron chi connectivity index (χ3n) is 4.27. The molecule has 1 aromatic rings. The lowest BCUT2D eigenvalue weighted by molar-refractivity contribution is -0.148. The van der Waals surface area contributed by atoms with Crippen molar-refractivity contribution in [2.24, 2.45) is 5.73 Å². The van der Waals surface area contributed by atoms with E-state index >= 15 is 0 Å². The number of rotatable bonds is 2. The highest BCUT2D eigenvalue weighted by atomic mass is 35.5. The standard InChI is InChI=1S/C15H19ClN2O2.ClH/c16-12-4-2-11(3-5-12)13-10-18(8-9-20-13)14(19)15(17)6-1-7-15;/h2-5,13H,1,6-10,17H2;1H. The highest BCUT2D eigenvalue weighted by Gasteiger charge is 2.43. The fraction of sp³-hybridized carbons (Fsp3) is 0.533. The number of hydrogen-bond donors (Lipinski definition) is 1. The van der Waals surface area contributed by atoms with Gasteiger partial charge in [0.25, 0.3) is 0 Å². The van der Waals surface area contributed by atoms with E-state index in [2.05, 4.69) is 0 Å². The van der Waals surface area contributed by atoms with Crippen molar-refractivity contribution in [3.8, 4) is 0 Å². The predicted octanol–water partition coefficient (Wildman–Crippen LogP) is 2.54. The van der Waals surface area contributed by atoms with Gasteiger partial charge in [-0.2, -0.15) is 0 Å². The number of carbonyl (C=O) groups is 1. The molecular formula is C15H20Cl2N2O2. The van der Waals surface area contributed by atoms with Crippen molar-refractivity contribution in [3.63, 3.8) is 0 Å². The Balaban J connectivity index is 0.00000161. The number of hydrogen-bond acceptors (Lipinski definition) is 3. The third-order valence-corrected chi connectivity index (χ3v) is 4.52. The van der Waals surface area contributed by atoms with E-state index in [-0.39, 0.29) is 24.4 Å². The number of nitrogens with zero attached hydrogens (tertiary/aromatic N) is 1. The monoisotopic (exact) mass is 330 g/mol. The maximum Gasteiger partial charge on any atom is 0.242 e. The molecule has 1 amide bonds. The zero-order chi connectivity index (χ0) is 14.2. The summed E-state index contributed by atoms with van der Waals surface area (Å²) in [7, 11) is 0. The van der Waals surface area contributed by atoms with E-state index < -0.39 is 5.54 Å². The van der Waals surface area contributed by atoms with Gasteiger partial charge in [-0.15, -0.1) is 12.4 Å². The lowest BCUT2D eigenvalue weighted by Crippen LogP contribution is -2.61. The molecule has 1 aliphatic heterocycles. The molecule has 0 bridgehead atoms. The fourth-order valence-electron chi connectivity index (χ4n) is 2.80. The first-order valence-electron chi connectivity index (χ1n) is 7.04. The van der Waals surface area contributed by atoms with Gasteiger partial charge in [-0.3, -0.25) is 4.79 Å². The molecule has 1 heterocycles. The van der Waals surface area contributed by atoms with Gasteiger partial charge in [0.05, 0.1) is 18.7 Å². The summed E-state index contributed by atoms with van der Waals surface area (Å²) >= 11 is 5.89. The topological polar surface area (TPSA) is 55.6 Å². The average Bonchev–Trinajstić information content (AvgIpc) is 2.45. The van der Waals surface area contributed by atoms with Gasteiger partial charge in [0.2, 0.25) is 5.91 Å². The normalized spacial score (nSPS) is 23.9.